The molecule has 0 aromatic heterocycles. The first kappa shape index (κ1) is 14.5. The lowest BCUT2D eigenvalue weighted by atomic mass is 9.99. The lowest BCUT2D eigenvalue weighted by Crippen LogP contribution is -2.24. The van der Waals surface area contributed by atoms with Gasteiger partial charge in [-0.3, -0.25) is 4.79 Å². The summed E-state index contributed by atoms with van der Waals surface area (Å²) in [6.45, 7) is 1.28. The highest BCUT2D eigenvalue weighted by atomic mass is 16.4. The van der Waals surface area contributed by atoms with Gasteiger partial charge in [-0.05, 0) is 22.8 Å². The summed E-state index contributed by atoms with van der Waals surface area (Å²) in [5.74, 6) is -1.59. The van der Waals surface area contributed by atoms with Crippen LogP contribution in [0.15, 0.2) is 60.3 Å². The van der Waals surface area contributed by atoms with Gasteiger partial charge < -0.3 is 10.4 Å². The van der Waals surface area contributed by atoms with E-state index >= 15 is 0 Å². The van der Waals surface area contributed by atoms with Crippen LogP contribution in [-0.2, 0) is 9.59 Å². The monoisotopic (exact) mass is 281 g/mol. The minimum atomic E-state index is -1.17. The minimum Gasteiger partial charge on any atom is -0.477 e. The van der Waals surface area contributed by atoms with Crippen molar-refractivity contribution in [2.75, 3.05) is 0 Å². The van der Waals surface area contributed by atoms with Gasteiger partial charge in [-0.1, -0.05) is 54.6 Å². The highest BCUT2D eigenvalue weighted by Crippen LogP contribution is 2.25. The van der Waals surface area contributed by atoms with Crippen LogP contribution in [-0.4, -0.2) is 17.0 Å². The number of benzene rings is 2. The van der Waals surface area contributed by atoms with E-state index in [0.717, 1.165) is 16.7 Å². The third-order valence-electron chi connectivity index (χ3n) is 2.89. The zero-order valence-corrected chi connectivity index (χ0v) is 11.5. The summed E-state index contributed by atoms with van der Waals surface area (Å²) in [7, 11) is 0. The molecule has 1 amide bonds. The largest absolute Gasteiger partial charge is 0.477 e. The molecule has 0 atom stereocenters. The maximum Gasteiger partial charge on any atom is 0.352 e. The molecule has 0 spiro atoms. The fourth-order valence-electron chi connectivity index (χ4n) is 2.00. The average Bonchev–Trinajstić information content (AvgIpc) is 2.47. The van der Waals surface area contributed by atoms with Crippen molar-refractivity contribution in [2.45, 2.75) is 6.92 Å². The number of nitrogens with one attached hydrogen (secondary N) is 1. The lowest BCUT2D eigenvalue weighted by Gasteiger charge is -2.08. The van der Waals surface area contributed by atoms with Crippen LogP contribution in [0.25, 0.3) is 17.2 Å². The first-order chi connectivity index (χ1) is 10.1. The molecule has 0 saturated carbocycles. The first-order valence-electron chi connectivity index (χ1n) is 6.45. The minimum absolute atomic E-state index is 0.147. The van der Waals surface area contributed by atoms with Crippen molar-refractivity contribution in [3.05, 3.63) is 65.9 Å². The van der Waals surface area contributed by atoms with Gasteiger partial charge in [0.2, 0.25) is 5.91 Å². The smallest absolute Gasteiger partial charge is 0.352 e. The van der Waals surface area contributed by atoms with E-state index in [0.29, 0.717) is 0 Å². The average molecular weight is 281 g/mol. The molecule has 0 unspecified atom stereocenters. The number of carboxylic acids is 1. The molecule has 0 fully saturated rings. The zero-order valence-electron chi connectivity index (χ0n) is 11.5. The first-order valence-corrected chi connectivity index (χ1v) is 6.45. The summed E-state index contributed by atoms with van der Waals surface area (Å²) in [6, 6.07) is 17.1. The molecule has 4 heteroatoms. The second-order valence-corrected chi connectivity index (χ2v) is 4.50. The Morgan fingerprint density at radius 2 is 1.62 bits per heavy atom. The summed E-state index contributed by atoms with van der Waals surface area (Å²) in [5, 5.41) is 11.5. The van der Waals surface area contributed by atoms with E-state index in [2.05, 4.69) is 5.32 Å². The molecule has 0 bridgehead atoms. The predicted octanol–water partition coefficient (Wildman–Crippen LogP) is 2.92. The Labute approximate surface area is 122 Å². The topological polar surface area (TPSA) is 66.4 Å². The maximum absolute atomic E-state index is 11.2. The zero-order chi connectivity index (χ0) is 15.2. The van der Waals surface area contributed by atoms with E-state index in [1.54, 1.807) is 0 Å². The van der Waals surface area contributed by atoms with E-state index in [1.165, 1.54) is 13.0 Å². The van der Waals surface area contributed by atoms with Gasteiger partial charge in [-0.2, -0.15) is 0 Å². The van der Waals surface area contributed by atoms with Gasteiger partial charge in [0.15, 0.2) is 0 Å². The summed E-state index contributed by atoms with van der Waals surface area (Å²) in [4.78, 5) is 22.3. The number of hydrogen-bond donors (Lipinski definition) is 2. The highest BCUT2D eigenvalue weighted by Gasteiger charge is 2.10. The molecular formula is C17H15NO3. The number of carbonyl (C=O) groups is 2. The Balaban J connectivity index is 2.49. The van der Waals surface area contributed by atoms with Crippen molar-refractivity contribution >= 4 is 18.0 Å². The van der Waals surface area contributed by atoms with Crippen LogP contribution in [0.4, 0.5) is 0 Å². The molecular weight excluding hydrogens is 266 g/mol. The van der Waals surface area contributed by atoms with Crippen molar-refractivity contribution in [2.24, 2.45) is 0 Å². The van der Waals surface area contributed by atoms with E-state index in [1.807, 2.05) is 54.6 Å². The molecule has 0 heterocycles. The van der Waals surface area contributed by atoms with E-state index < -0.39 is 11.9 Å². The molecule has 106 valence electrons. The van der Waals surface area contributed by atoms with Gasteiger partial charge in [0, 0.05) is 6.92 Å². The molecule has 2 aromatic carbocycles. The van der Waals surface area contributed by atoms with Gasteiger partial charge in [0.1, 0.15) is 5.70 Å². The van der Waals surface area contributed by atoms with Gasteiger partial charge in [0.25, 0.3) is 0 Å². The summed E-state index contributed by atoms with van der Waals surface area (Å²) in [5.41, 5.74) is 2.47. The van der Waals surface area contributed by atoms with Crippen molar-refractivity contribution in [3.63, 3.8) is 0 Å². The quantitative estimate of drug-likeness (QED) is 0.847. The highest BCUT2D eigenvalue weighted by molar-refractivity contribution is 5.97. The van der Waals surface area contributed by atoms with Gasteiger partial charge >= 0.3 is 5.97 Å². The van der Waals surface area contributed by atoms with E-state index in [9.17, 15) is 9.59 Å². The Hall–Kier alpha value is -2.88. The van der Waals surface area contributed by atoms with Crippen LogP contribution < -0.4 is 5.32 Å². The second kappa shape index (κ2) is 6.52. The fraction of sp³-hybridized carbons (Fsp3) is 0.0588. The third-order valence-corrected chi connectivity index (χ3v) is 2.89. The van der Waals surface area contributed by atoms with Crippen molar-refractivity contribution in [3.8, 4) is 11.1 Å². The molecule has 2 N–H and O–H groups in total. The number of rotatable bonds is 4. The number of amides is 1. The number of hydrogen-bond acceptors (Lipinski definition) is 2. The molecule has 0 saturated heterocycles. The number of carbonyl (C=O) groups excluding carboxylic acids is 1. The van der Waals surface area contributed by atoms with Crippen LogP contribution in [0.3, 0.4) is 0 Å². The molecule has 0 aliphatic carbocycles. The van der Waals surface area contributed by atoms with Crippen molar-refractivity contribution in [1.82, 2.24) is 5.32 Å². The molecule has 0 radical (unpaired) electrons. The van der Waals surface area contributed by atoms with Crippen LogP contribution >= 0.6 is 0 Å². The van der Waals surface area contributed by atoms with Crippen molar-refractivity contribution < 1.29 is 14.7 Å². The van der Waals surface area contributed by atoms with Gasteiger partial charge in [0.05, 0.1) is 0 Å². The lowest BCUT2D eigenvalue weighted by molar-refractivity contribution is -0.134. The molecule has 2 rings (SSSR count). The molecule has 21 heavy (non-hydrogen) atoms. The normalized spacial score (nSPS) is 11.0. The van der Waals surface area contributed by atoms with Crippen LogP contribution in [0.1, 0.15) is 12.5 Å². The molecule has 2 aromatic rings. The summed E-state index contributed by atoms with van der Waals surface area (Å²) in [6.07, 6.45) is 1.46. The van der Waals surface area contributed by atoms with Crippen LogP contribution in [0.2, 0.25) is 0 Å². The fourth-order valence-corrected chi connectivity index (χ4v) is 2.00. The Morgan fingerprint density at radius 1 is 1.00 bits per heavy atom. The number of carboxylic acid groups (broad SMARTS) is 1. The van der Waals surface area contributed by atoms with Crippen molar-refractivity contribution in [1.29, 1.82) is 0 Å². The maximum atomic E-state index is 11.2. The van der Waals surface area contributed by atoms with E-state index in [4.69, 9.17) is 5.11 Å². The third kappa shape index (κ3) is 3.79. The molecule has 4 nitrogen and oxygen atoms in total. The Morgan fingerprint density at radius 3 is 2.24 bits per heavy atom. The predicted molar refractivity (Wildman–Crippen MR) is 81.3 cm³/mol. The Bertz CT molecular complexity index is 690. The van der Waals surface area contributed by atoms with E-state index in [-0.39, 0.29) is 5.70 Å². The van der Waals surface area contributed by atoms with Gasteiger partial charge in [-0.25, -0.2) is 4.79 Å². The summed E-state index contributed by atoms with van der Waals surface area (Å²) < 4.78 is 0. The van der Waals surface area contributed by atoms with Crippen LogP contribution in [0, 0.1) is 0 Å². The number of aliphatic carboxylic acids is 1. The molecule has 0 aliphatic heterocycles. The standard InChI is InChI=1S/C17H15NO3/c1-12(19)18-16(17(20)21)11-14-9-5-6-10-15(14)13-7-3-2-4-8-13/h2-11H,1H3,(H,18,19)(H,20,21). The Kier molecular flexibility index (Phi) is 4.51. The second-order valence-electron chi connectivity index (χ2n) is 4.50. The summed E-state index contributed by atoms with van der Waals surface area (Å²) >= 11 is 0. The SMILES string of the molecule is CC(=O)NC(=Cc1ccccc1-c1ccccc1)C(=O)O. The van der Waals surface area contributed by atoms with Gasteiger partial charge in [-0.15, -0.1) is 0 Å². The molecule has 0 aliphatic rings. The van der Waals surface area contributed by atoms with Crippen LogP contribution in [0.5, 0.6) is 0 Å².